The van der Waals surface area contributed by atoms with Crippen LogP contribution in [0.15, 0.2) is 9.90 Å². The second kappa shape index (κ2) is 4.93. The molecular weight excluding hydrogens is 246 g/mol. The standard InChI is InChI=1S/C10H12ClN3OS/c1-3-4-7(11)9-13-10(15-14-9)8-5-16-6(2)12-8/h5,7H,3-4H2,1-2H3. The summed E-state index contributed by atoms with van der Waals surface area (Å²) in [5, 5.41) is 6.56. The molecule has 0 radical (unpaired) electrons. The van der Waals surface area contributed by atoms with Crippen molar-refractivity contribution >= 4 is 22.9 Å². The molecule has 2 heterocycles. The van der Waals surface area contributed by atoms with Crippen LogP contribution in [0.25, 0.3) is 11.6 Å². The first kappa shape index (κ1) is 11.5. The number of aryl methyl sites for hydroxylation is 1. The van der Waals surface area contributed by atoms with Gasteiger partial charge < -0.3 is 4.52 Å². The van der Waals surface area contributed by atoms with E-state index in [0.717, 1.165) is 23.5 Å². The molecule has 0 fully saturated rings. The van der Waals surface area contributed by atoms with Crippen LogP contribution in [-0.2, 0) is 0 Å². The highest BCUT2D eigenvalue weighted by Crippen LogP contribution is 2.26. The summed E-state index contributed by atoms with van der Waals surface area (Å²) in [6.07, 6.45) is 1.84. The van der Waals surface area contributed by atoms with Crippen molar-refractivity contribution in [3.63, 3.8) is 0 Å². The lowest BCUT2D eigenvalue weighted by molar-refractivity contribution is 0.419. The minimum Gasteiger partial charge on any atom is -0.332 e. The van der Waals surface area contributed by atoms with Crippen LogP contribution in [0.5, 0.6) is 0 Å². The van der Waals surface area contributed by atoms with Crippen molar-refractivity contribution in [2.75, 3.05) is 0 Å². The first-order valence-electron chi connectivity index (χ1n) is 5.11. The summed E-state index contributed by atoms with van der Waals surface area (Å²) in [4.78, 5) is 8.53. The average Bonchev–Trinajstić information content (AvgIpc) is 2.85. The summed E-state index contributed by atoms with van der Waals surface area (Å²) >= 11 is 7.66. The van der Waals surface area contributed by atoms with Crippen LogP contribution >= 0.6 is 22.9 Å². The van der Waals surface area contributed by atoms with Crippen molar-refractivity contribution in [3.05, 3.63) is 16.2 Å². The molecule has 0 bridgehead atoms. The second-order valence-corrected chi connectivity index (χ2v) is 5.05. The first-order chi connectivity index (χ1) is 7.70. The molecule has 0 saturated heterocycles. The molecule has 0 aliphatic rings. The molecule has 0 aromatic carbocycles. The van der Waals surface area contributed by atoms with Crippen LogP contribution in [0.3, 0.4) is 0 Å². The van der Waals surface area contributed by atoms with Gasteiger partial charge in [0.2, 0.25) is 0 Å². The predicted octanol–water partition coefficient (Wildman–Crippen LogP) is 3.58. The number of thiazole rings is 1. The smallest absolute Gasteiger partial charge is 0.277 e. The van der Waals surface area contributed by atoms with Gasteiger partial charge in [0, 0.05) is 5.38 Å². The van der Waals surface area contributed by atoms with E-state index in [1.54, 1.807) is 11.3 Å². The molecule has 0 spiro atoms. The minimum absolute atomic E-state index is 0.178. The van der Waals surface area contributed by atoms with Crippen LogP contribution in [0.2, 0.25) is 0 Å². The quantitative estimate of drug-likeness (QED) is 0.786. The highest BCUT2D eigenvalue weighted by molar-refractivity contribution is 7.09. The van der Waals surface area contributed by atoms with Gasteiger partial charge in [-0.3, -0.25) is 0 Å². The summed E-state index contributed by atoms with van der Waals surface area (Å²) in [5.41, 5.74) is 0.724. The molecule has 2 rings (SSSR count). The highest BCUT2D eigenvalue weighted by atomic mass is 35.5. The number of alkyl halides is 1. The summed E-state index contributed by atoms with van der Waals surface area (Å²) in [6.45, 7) is 4.01. The van der Waals surface area contributed by atoms with Gasteiger partial charge in [0.15, 0.2) is 5.82 Å². The Labute approximate surface area is 103 Å². The van der Waals surface area contributed by atoms with Crippen LogP contribution in [0, 0.1) is 6.92 Å². The van der Waals surface area contributed by atoms with E-state index in [4.69, 9.17) is 16.1 Å². The molecule has 0 amide bonds. The normalized spacial score (nSPS) is 12.9. The number of hydrogen-bond donors (Lipinski definition) is 0. The molecule has 0 saturated carbocycles. The van der Waals surface area contributed by atoms with E-state index in [1.165, 1.54) is 0 Å². The maximum Gasteiger partial charge on any atom is 0.277 e. The van der Waals surface area contributed by atoms with Gasteiger partial charge in [-0.1, -0.05) is 18.5 Å². The third-order valence-corrected chi connectivity index (χ3v) is 3.29. The predicted molar refractivity (Wildman–Crippen MR) is 63.6 cm³/mol. The van der Waals surface area contributed by atoms with Crippen LogP contribution in [0.4, 0.5) is 0 Å². The van der Waals surface area contributed by atoms with Gasteiger partial charge in [-0.15, -0.1) is 22.9 Å². The molecule has 0 aliphatic carbocycles. The number of rotatable bonds is 4. The molecule has 0 aliphatic heterocycles. The fraction of sp³-hybridized carbons (Fsp3) is 0.500. The van der Waals surface area contributed by atoms with E-state index in [0.29, 0.717) is 11.7 Å². The van der Waals surface area contributed by atoms with E-state index in [-0.39, 0.29) is 5.38 Å². The van der Waals surface area contributed by atoms with E-state index in [1.807, 2.05) is 12.3 Å². The van der Waals surface area contributed by atoms with Crippen molar-refractivity contribution in [3.8, 4) is 11.6 Å². The van der Waals surface area contributed by atoms with Gasteiger partial charge in [0.05, 0.1) is 10.4 Å². The Balaban J connectivity index is 2.19. The zero-order valence-electron chi connectivity index (χ0n) is 9.11. The Hall–Kier alpha value is -0.940. The summed E-state index contributed by atoms with van der Waals surface area (Å²) in [6, 6.07) is 0. The molecule has 1 unspecified atom stereocenters. The Morgan fingerprint density at radius 1 is 1.50 bits per heavy atom. The van der Waals surface area contributed by atoms with Crippen molar-refractivity contribution in [2.24, 2.45) is 0 Å². The Kier molecular flexibility index (Phi) is 3.56. The SMILES string of the molecule is CCCC(Cl)c1noc(-c2csc(C)n2)n1. The lowest BCUT2D eigenvalue weighted by Crippen LogP contribution is -1.92. The van der Waals surface area contributed by atoms with Crippen molar-refractivity contribution in [1.29, 1.82) is 0 Å². The van der Waals surface area contributed by atoms with Gasteiger partial charge in [0.25, 0.3) is 5.89 Å². The third kappa shape index (κ3) is 2.41. The lowest BCUT2D eigenvalue weighted by atomic mass is 10.2. The fourth-order valence-corrected chi connectivity index (χ4v) is 2.20. The number of hydrogen-bond acceptors (Lipinski definition) is 5. The topological polar surface area (TPSA) is 51.8 Å². The molecule has 1 atom stereocenters. The maximum absolute atomic E-state index is 6.11. The minimum atomic E-state index is -0.178. The zero-order chi connectivity index (χ0) is 11.5. The molecule has 16 heavy (non-hydrogen) atoms. The van der Waals surface area contributed by atoms with Gasteiger partial charge in [-0.25, -0.2) is 4.98 Å². The van der Waals surface area contributed by atoms with Gasteiger partial charge in [-0.2, -0.15) is 4.98 Å². The highest BCUT2D eigenvalue weighted by Gasteiger charge is 2.17. The second-order valence-electron chi connectivity index (χ2n) is 3.47. The van der Waals surface area contributed by atoms with Crippen LogP contribution in [0.1, 0.15) is 36.0 Å². The molecule has 2 aromatic rings. The van der Waals surface area contributed by atoms with Gasteiger partial charge in [-0.05, 0) is 13.3 Å². The molecule has 2 aromatic heterocycles. The largest absolute Gasteiger partial charge is 0.332 e. The summed E-state index contributed by atoms with van der Waals surface area (Å²) in [5.74, 6) is 0.991. The lowest BCUT2D eigenvalue weighted by Gasteiger charge is -1.99. The molecule has 6 heteroatoms. The molecule has 0 N–H and O–H groups in total. The first-order valence-corrected chi connectivity index (χ1v) is 6.42. The van der Waals surface area contributed by atoms with Gasteiger partial charge in [0.1, 0.15) is 5.69 Å². The maximum atomic E-state index is 6.11. The van der Waals surface area contributed by atoms with E-state index >= 15 is 0 Å². The number of halogens is 1. The van der Waals surface area contributed by atoms with Crippen molar-refractivity contribution in [1.82, 2.24) is 15.1 Å². The summed E-state index contributed by atoms with van der Waals surface area (Å²) in [7, 11) is 0. The Bertz CT molecular complexity index is 468. The monoisotopic (exact) mass is 257 g/mol. The molecule has 86 valence electrons. The summed E-state index contributed by atoms with van der Waals surface area (Å²) < 4.78 is 5.13. The van der Waals surface area contributed by atoms with E-state index < -0.39 is 0 Å². The fourth-order valence-electron chi connectivity index (χ4n) is 1.31. The van der Waals surface area contributed by atoms with E-state index in [9.17, 15) is 0 Å². The van der Waals surface area contributed by atoms with Crippen molar-refractivity contribution < 1.29 is 4.52 Å². The Morgan fingerprint density at radius 3 is 2.94 bits per heavy atom. The van der Waals surface area contributed by atoms with Crippen molar-refractivity contribution in [2.45, 2.75) is 32.1 Å². The third-order valence-electron chi connectivity index (χ3n) is 2.10. The van der Waals surface area contributed by atoms with E-state index in [2.05, 4.69) is 22.0 Å². The number of aromatic nitrogens is 3. The van der Waals surface area contributed by atoms with Gasteiger partial charge >= 0.3 is 0 Å². The average molecular weight is 258 g/mol. The zero-order valence-corrected chi connectivity index (χ0v) is 10.7. The van der Waals surface area contributed by atoms with Crippen LogP contribution < -0.4 is 0 Å². The molecule has 4 nitrogen and oxygen atoms in total. The van der Waals surface area contributed by atoms with Crippen LogP contribution in [-0.4, -0.2) is 15.1 Å². The Morgan fingerprint density at radius 2 is 2.31 bits per heavy atom. The molecular formula is C10H12ClN3OS. The number of nitrogens with zero attached hydrogens (tertiary/aromatic N) is 3.